The number of nitrogens with zero attached hydrogens (tertiary/aromatic N) is 1. The van der Waals surface area contributed by atoms with Gasteiger partial charge in [-0.15, -0.1) is 10.1 Å². The first-order valence-electron chi connectivity index (χ1n) is 4.95. The lowest BCUT2D eigenvalue weighted by molar-refractivity contribution is -0.711. The molecule has 0 saturated carbocycles. The second kappa shape index (κ2) is 5.13. The van der Waals surface area contributed by atoms with E-state index in [-0.39, 0.29) is 17.1 Å². The molecule has 0 saturated heterocycles. The number of rotatable bonds is 5. The summed E-state index contributed by atoms with van der Waals surface area (Å²) in [5.74, 6) is -0.309. The predicted octanol–water partition coefficient (Wildman–Crippen LogP) is 1.58. The Bertz CT molecular complexity index is 509. The summed E-state index contributed by atoms with van der Waals surface area (Å²) in [6.45, 7) is 3.12. The van der Waals surface area contributed by atoms with Gasteiger partial charge < -0.3 is 0 Å². The molecule has 0 spiro atoms. The van der Waals surface area contributed by atoms with Gasteiger partial charge in [0, 0.05) is 0 Å². The Hall–Kier alpha value is -1.63. The highest BCUT2D eigenvalue weighted by Gasteiger charge is 2.19. The number of hydrogen-bond donors (Lipinski definition) is 0. The molecule has 0 radical (unpaired) electrons. The van der Waals surface area contributed by atoms with E-state index in [1.54, 1.807) is 26.0 Å². The van der Waals surface area contributed by atoms with Crippen LogP contribution in [-0.4, -0.2) is 18.8 Å². The molecule has 0 unspecified atom stereocenters. The van der Waals surface area contributed by atoms with E-state index >= 15 is 0 Å². The molecule has 0 aromatic heterocycles. The van der Waals surface area contributed by atoms with Gasteiger partial charge in [-0.1, -0.05) is 18.2 Å². The maximum Gasteiger partial charge on any atom is 0.299 e. The highest BCUT2D eigenvalue weighted by atomic mass is 32.2. The summed E-state index contributed by atoms with van der Waals surface area (Å²) < 4.78 is 23.4. The van der Waals surface area contributed by atoms with E-state index in [0.717, 1.165) is 0 Å². The molecule has 0 amide bonds. The molecule has 1 aromatic rings. The van der Waals surface area contributed by atoms with E-state index in [0.29, 0.717) is 0 Å². The predicted molar refractivity (Wildman–Crippen MR) is 61.8 cm³/mol. The van der Waals surface area contributed by atoms with Crippen LogP contribution in [0.15, 0.2) is 24.3 Å². The van der Waals surface area contributed by atoms with Crippen LogP contribution in [0.2, 0.25) is 0 Å². The fourth-order valence-electron chi connectivity index (χ4n) is 1.18. The summed E-state index contributed by atoms with van der Waals surface area (Å²) in [5, 5.41) is 8.76. The molecular formula is C10H13NO5S. The van der Waals surface area contributed by atoms with Crippen molar-refractivity contribution in [2.24, 2.45) is 0 Å². The van der Waals surface area contributed by atoms with Gasteiger partial charge >= 0.3 is 0 Å². The fraction of sp³-hybridized carbons (Fsp3) is 0.400. The Labute approximate surface area is 99.2 Å². The summed E-state index contributed by atoms with van der Waals surface area (Å²) in [7, 11) is -3.31. The molecule has 1 rings (SSSR count). The SMILES string of the molecule is CC(C)S(=O)(=O)Cc1ccccc1O[N+](=O)[O-]. The van der Waals surface area contributed by atoms with Crippen LogP contribution in [0.5, 0.6) is 5.75 Å². The van der Waals surface area contributed by atoms with Crippen LogP contribution in [-0.2, 0) is 15.6 Å². The lowest BCUT2D eigenvalue weighted by Gasteiger charge is -2.10. The summed E-state index contributed by atoms with van der Waals surface area (Å²) in [5.41, 5.74) is 0.290. The molecule has 0 atom stereocenters. The molecule has 0 heterocycles. The zero-order chi connectivity index (χ0) is 13.1. The van der Waals surface area contributed by atoms with Crippen LogP contribution in [0, 0.1) is 10.1 Å². The van der Waals surface area contributed by atoms with Gasteiger partial charge in [0.05, 0.1) is 11.0 Å². The average Bonchev–Trinajstić information content (AvgIpc) is 2.19. The minimum atomic E-state index is -3.31. The first-order chi connectivity index (χ1) is 7.83. The minimum absolute atomic E-state index is 0.0401. The third-order valence-corrected chi connectivity index (χ3v) is 4.37. The topological polar surface area (TPSA) is 86.5 Å². The van der Waals surface area contributed by atoms with Gasteiger partial charge in [-0.3, -0.25) is 4.84 Å². The molecule has 94 valence electrons. The van der Waals surface area contributed by atoms with Crippen molar-refractivity contribution in [3.05, 3.63) is 39.9 Å². The maximum absolute atomic E-state index is 11.7. The number of sulfone groups is 1. The van der Waals surface area contributed by atoms with Gasteiger partial charge in [-0.05, 0) is 25.5 Å². The first-order valence-corrected chi connectivity index (χ1v) is 6.66. The third-order valence-electron chi connectivity index (χ3n) is 2.22. The Morgan fingerprint density at radius 1 is 1.35 bits per heavy atom. The smallest absolute Gasteiger partial charge is 0.276 e. The van der Waals surface area contributed by atoms with Crippen LogP contribution < -0.4 is 4.84 Å². The van der Waals surface area contributed by atoms with E-state index in [4.69, 9.17) is 0 Å². The van der Waals surface area contributed by atoms with Crippen LogP contribution in [0.25, 0.3) is 0 Å². The third kappa shape index (κ3) is 3.70. The van der Waals surface area contributed by atoms with Gasteiger partial charge in [0.25, 0.3) is 5.09 Å². The van der Waals surface area contributed by atoms with E-state index in [1.807, 2.05) is 0 Å². The van der Waals surface area contributed by atoms with Crippen LogP contribution >= 0.6 is 0 Å². The standard InChI is InChI=1S/C10H13NO5S/c1-8(2)17(14,15)7-9-5-3-4-6-10(9)16-11(12)13/h3-6,8H,7H2,1-2H3. The molecule has 17 heavy (non-hydrogen) atoms. The van der Waals surface area contributed by atoms with Gasteiger partial charge in [0.15, 0.2) is 9.84 Å². The molecule has 0 fully saturated rings. The summed E-state index contributed by atoms with van der Waals surface area (Å²) >= 11 is 0. The fourth-order valence-corrected chi connectivity index (χ4v) is 2.18. The molecule has 0 N–H and O–H groups in total. The first kappa shape index (κ1) is 13.4. The van der Waals surface area contributed by atoms with Crippen LogP contribution in [0.3, 0.4) is 0 Å². The number of hydrogen-bond acceptors (Lipinski definition) is 5. The molecular weight excluding hydrogens is 246 g/mol. The van der Waals surface area contributed by atoms with Crippen molar-refractivity contribution in [2.45, 2.75) is 24.9 Å². The summed E-state index contributed by atoms with van der Waals surface area (Å²) in [6.07, 6.45) is 0. The molecule has 0 aliphatic rings. The van der Waals surface area contributed by atoms with Crippen LogP contribution in [0.4, 0.5) is 0 Å². The van der Waals surface area contributed by atoms with Crippen molar-refractivity contribution in [3.8, 4) is 5.75 Å². The molecule has 1 aromatic carbocycles. The Morgan fingerprint density at radius 3 is 2.47 bits per heavy atom. The van der Waals surface area contributed by atoms with Crippen molar-refractivity contribution >= 4 is 9.84 Å². The molecule has 0 bridgehead atoms. The highest BCUT2D eigenvalue weighted by Crippen LogP contribution is 2.22. The monoisotopic (exact) mass is 259 g/mol. The summed E-state index contributed by atoms with van der Waals surface area (Å²) in [6, 6.07) is 6.02. The van der Waals surface area contributed by atoms with E-state index in [2.05, 4.69) is 4.84 Å². The quantitative estimate of drug-likeness (QED) is 0.592. The van der Waals surface area contributed by atoms with E-state index in [9.17, 15) is 18.5 Å². The molecule has 0 aliphatic carbocycles. The van der Waals surface area contributed by atoms with Crippen molar-refractivity contribution in [1.82, 2.24) is 0 Å². The Morgan fingerprint density at radius 2 is 1.94 bits per heavy atom. The Balaban J connectivity index is 3.03. The lowest BCUT2D eigenvalue weighted by Crippen LogP contribution is -2.17. The lowest BCUT2D eigenvalue weighted by atomic mass is 10.2. The number of para-hydroxylation sites is 1. The van der Waals surface area contributed by atoms with Crippen molar-refractivity contribution in [2.75, 3.05) is 0 Å². The Kier molecular flexibility index (Phi) is 4.06. The van der Waals surface area contributed by atoms with E-state index in [1.165, 1.54) is 12.1 Å². The highest BCUT2D eigenvalue weighted by molar-refractivity contribution is 7.91. The number of benzene rings is 1. The normalized spacial score (nSPS) is 11.5. The van der Waals surface area contributed by atoms with Crippen molar-refractivity contribution in [3.63, 3.8) is 0 Å². The van der Waals surface area contributed by atoms with Gasteiger partial charge in [0.2, 0.25) is 0 Å². The molecule has 0 aliphatic heterocycles. The van der Waals surface area contributed by atoms with Crippen molar-refractivity contribution < 1.29 is 18.3 Å². The zero-order valence-electron chi connectivity index (χ0n) is 9.49. The molecule has 6 nitrogen and oxygen atoms in total. The maximum atomic E-state index is 11.7. The van der Waals surface area contributed by atoms with Crippen LogP contribution in [0.1, 0.15) is 19.4 Å². The van der Waals surface area contributed by atoms with Crippen molar-refractivity contribution in [1.29, 1.82) is 0 Å². The van der Waals surface area contributed by atoms with Gasteiger partial charge in [0.1, 0.15) is 5.75 Å². The minimum Gasteiger partial charge on any atom is -0.276 e. The molecule has 7 heteroatoms. The van der Waals surface area contributed by atoms with Gasteiger partial charge in [-0.2, -0.15) is 0 Å². The second-order valence-electron chi connectivity index (χ2n) is 3.78. The van der Waals surface area contributed by atoms with Gasteiger partial charge in [-0.25, -0.2) is 8.42 Å². The largest absolute Gasteiger partial charge is 0.299 e. The second-order valence-corrected chi connectivity index (χ2v) is 6.34. The average molecular weight is 259 g/mol. The van der Waals surface area contributed by atoms with E-state index < -0.39 is 20.2 Å². The zero-order valence-corrected chi connectivity index (χ0v) is 10.3. The summed E-state index contributed by atoms with van der Waals surface area (Å²) in [4.78, 5) is 14.6.